The highest BCUT2D eigenvalue weighted by Crippen LogP contribution is 2.30. The number of hydrogen-bond donors (Lipinski definition) is 1. The molecule has 1 aliphatic heterocycles. The Labute approximate surface area is 156 Å². The Kier molecular flexibility index (Phi) is 4.20. The van der Waals surface area contributed by atoms with Gasteiger partial charge in [0.25, 0.3) is 0 Å². The third-order valence-corrected chi connectivity index (χ3v) is 6.03. The molecule has 1 N–H and O–H groups in total. The normalized spacial score (nSPS) is 13.9. The fourth-order valence-electron chi connectivity index (χ4n) is 3.11. The summed E-state index contributed by atoms with van der Waals surface area (Å²) in [4.78, 5) is 12.1. The Morgan fingerprint density at radius 1 is 0.963 bits per heavy atom. The first kappa shape index (κ1) is 17.6. The molecular formula is C18H19N3O5S. The lowest BCUT2D eigenvalue weighted by molar-refractivity contribution is 0.171. The molecule has 2 aromatic carbocycles. The molecule has 0 atom stereocenters. The Morgan fingerprint density at radius 3 is 2.44 bits per heavy atom. The second-order valence-electron chi connectivity index (χ2n) is 6.35. The van der Waals surface area contributed by atoms with Crippen molar-refractivity contribution in [1.82, 2.24) is 13.9 Å². The lowest BCUT2D eigenvalue weighted by Crippen LogP contribution is -2.23. The summed E-state index contributed by atoms with van der Waals surface area (Å²) in [6.07, 6.45) is 0. The number of hydrogen-bond acceptors (Lipinski definition) is 5. The standard InChI is InChI=1S/C18H19N3O5S/c1-20-14-5-4-13(10-15(14)21(2)18(20)22)27(23,24)19-11-12-3-6-16-17(9-12)26-8-7-25-16/h3-6,9-10,19H,7-8,11H2,1-2H3. The Hall–Kier alpha value is -2.78. The quantitative estimate of drug-likeness (QED) is 0.722. The van der Waals surface area contributed by atoms with Crippen LogP contribution in [0.5, 0.6) is 11.5 Å². The number of nitrogens with one attached hydrogen (secondary N) is 1. The molecule has 0 aliphatic carbocycles. The highest BCUT2D eigenvalue weighted by atomic mass is 32.2. The molecule has 2 heterocycles. The third kappa shape index (κ3) is 3.08. The predicted octanol–water partition coefficient (Wildman–Crippen LogP) is 1.13. The Morgan fingerprint density at radius 2 is 1.67 bits per heavy atom. The summed E-state index contributed by atoms with van der Waals surface area (Å²) in [6, 6.07) is 9.96. The number of aromatic nitrogens is 2. The second-order valence-corrected chi connectivity index (χ2v) is 8.12. The van der Waals surface area contributed by atoms with Crippen molar-refractivity contribution in [2.24, 2.45) is 14.1 Å². The molecule has 0 bridgehead atoms. The van der Waals surface area contributed by atoms with Crippen LogP contribution in [0.1, 0.15) is 5.56 Å². The van der Waals surface area contributed by atoms with Crippen molar-refractivity contribution in [3.8, 4) is 11.5 Å². The average molecular weight is 389 g/mol. The van der Waals surface area contributed by atoms with E-state index in [-0.39, 0.29) is 17.1 Å². The molecule has 8 nitrogen and oxygen atoms in total. The van der Waals surface area contributed by atoms with Crippen molar-refractivity contribution in [3.05, 3.63) is 52.4 Å². The molecule has 1 aromatic heterocycles. The van der Waals surface area contributed by atoms with E-state index in [9.17, 15) is 13.2 Å². The van der Waals surface area contributed by atoms with E-state index in [2.05, 4.69) is 4.72 Å². The zero-order valence-electron chi connectivity index (χ0n) is 14.9. The minimum atomic E-state index is -3.74. The van der Waals surface area contributed by atoms with Gasteiger partial charge in [-0.05, 0) is 35.9 Å². The molecule has 9 heteroatoms. The first-order valence-electron chi connectivity index (χ1n) is 8.40. The number of imidazole rings is 1. The first-order valence-corrected chi connectivity index (χ1v) is 9.89. The van der Waals surface area contributed by atoms with Gasteiger partial charge in [-0.3, -0.25) is 9.13 Å². The van der Waals surface area contributed by atoms with Gasteiger partial charge in [0, 0.05) is 20.6 Å². The van der Waals surface area contributed by atoms with Gasteiger partial charge in [0.1, 0.15) is 13.2 Å². The number of sulfonamides is 1. The van der Waals surface area contributed by atoms with Gasteiger partial charge >= 0.3 is 5.69 Å². The lowest BCUT2D eigenvalue weighted by Gasteiger charge is -2.19. The van der Waals surface area contributed by atoms with Gasteiger partial charge in [0.15, 0.2) is 11.5 Å². The van der Waals surface area contributed by atoms with Crippen LogP contribution in [0.4, 0.5) is 0 Å². The van der Waals surface area contributed by atoms with E-state index in [1.54, 1.807) is 38.4 Å². The number of aryl methyl sites for hydroxylation is 2. The minimum Gasteiger partial charge on any atom is -0.486 e. The van der Waals surface area contributed by atoms with Gasteiger partial charge in [-0.15, -0.1) is 0 Å². The Balaban J connectivity index is 1.59. The molecule has 142 valence electrons. The summed E-state index contributed by atoms with van der Waals surface area (Å²) in [5, 5.41) is 0. The average Bonchev–Trinajstić information content (AvgIpc) is 2.90. The van der Waals surface area contributed by atoms with Crippen LogP contribution in [0.25, 0.3) is 11.0 Å². The monoisotopic (exact) mass is 389 g/mol. The van der Waals surface area contributed by atoms with Gasteiger partial charge in [-0.2, -0.15) is 0 Å². The van der Waals surface area contributed by atoms with Gasteiger partial charge in [-0.1, -0.05) is 6.07 Å². The van der Waals surface area contributed by atoms with Crippen molar-refractivity contribution in [3.63, 3.8) is 0 Å². The maximum absolute atomic E-state index is 12.7. The summed E-state index contributed by atoms with van der Waals surface area (Å²) >= 11 is 0. The molecule has 0 saturated heterocycles. The van der Waals surface area contributed by atoms with Crippen molar-refractivity contribution >= 4 is 21.1 Å². The van der Waals surface area contributed by atoms with E-state index >= 15 is 0 Å². The summed E-state index contributed by atoms with van der Waals surface area (Å²) < 4.78 is 41.8. The second kappa shape index (κ2) is 6.43. The number of benzene rings is 2. The molecule has 4 rings (SSSR count). The van der Waals surface area contributed by atoms with E-state index in [0.29, 0.717) is 35.7 Å². The van der Waals surface area contributed by atoms with Crippen LogP contribution >= 0.6 is 0 Å². The molecule has 0 unspecified atom stereocenters. The fourth-order valence-corrected chi connectivity index (χ4v) is 4.15. The molecule has 0 spiro atoms. The molecular weight excluding hydrogens is 370 g/mol. The van der Waals surface area contributed by atoms with Crippen molar-refractivity contribution in [2.45, 2.75) is 11.4 Å². The molecule has 0 amide bonds. The van der Waals surface area contributed by atoms with Crippen molar-refractivity contribution in [1.29, 1.82) is 0 Å². The van der Waals surface area contributed by atoms with Crippen molar-refractivity contribution < 1.29 is 17.9 Å². The smallest absolute Gasteiger partial charge is 0.328 e. The zero-order chi connectivity index (χ0) is 19.2. The highest BCUT2D eigenvalue weighted by molar-refractivity contribution is 7.89. The summed E-state index contributed by atoms with van der Waals surface area (Å²) in [5.74, 6) is 1.27. The van der Waals surface area contributed by atoms with E-state index in [1.165, 1.54) is 21.3 Å². The lowest BCUT2D eigenvalue weighted by atomic mass is 10.2. The van der Waals surface area contributed by atoms with Gasteiger partial charge in [-0.25, -0.2) is 17.9 Å². The number of fused-ring (bicyclic) bond motifs is 2. The van der Waals surface area contributed by atoms with Crippen LogP contribution in [-0.2, 0) is 30.7 Å². The maximum atomic E-state index is 12.7. The van der Waals surface area contributed by atoms with Gasteiger partial charge in [0.05, 0.1) is 15.9 Å². The van der Waals surface area contributed by atoms with Crippen LogP contribution in [0.15, 0.2) is 46.1 Å². The van der Waals surface area contributed by atoms with Crippen molar-refractivity contribution in [2.75, 3.05) is 13.2 Å². The van der Waals surface area contributed by atoms with Gasteiger partial charge in [0.2, 0.25) is 10.0 Å². The third-order valence-electron chi connectivity index (χ3n) is 4.63. The van der Waals surface area contributed by atoms with Gasteiger partial charge < -0.3 is 9.47 Å². The van der Waals surface area contributed by atoms with Crippen LogP contribution in [0, 0.1) is 0 Å². The topological polar surface area (TPSA) is 91.6 Å². The predicted molar refractivity (Wildman–Crippen MR) is 99.6 cm³/mol. The molecule has 0 fully saturated rings. The summed E-state index contributed by atoms with van der Waals surface area (Å²) in [5.41, 5.74) is 1.79. The highest BCUT2D eigenvalue weighted by Gasteiger charge is 2.18. The Bertz CT molecular complexity index is 1190. The molecule has 1 aliphatic rings. The van der Waals surface area contributed by atoms with E-state index in [0.717, 1.165) is 5.56 Å². The number of ether oxygens (including phenoxy) is 2. The summed E-state index contributed by atoms with van der Waals surface area (Å²) in [6.45, 7) is 1.09. The van der Waals surface area contributed by atoms with Crippen LogP contribution in [0.3, 0.4) is 0 Å². The van der Waals surface area contributed by atoms with Crippen LogP contribution in [0.2, 0.25) is 0 Å². The van der Waals surface area contributed by atoms with Crippen LogP contribution < -0.4 is 19.9 Å². The molecule has 27 heavy (non-hydrogen) atoms. The van der Waals surface area contributed by atoms with Crippen LogP contribution in [-0.4, -0.2) is 30.8 Å². The molecule has 0 saturated carbocycles. The number of rotatable bonds is 4. The van der Waals surface area contributed by atoms with E-state index in [1.807, 2.05) is 0 Å². The van der Waals surface area contributed by atoms with E-state index in [4.69, 9.17) is 9.47 Å². The molecule has 0 radical (unpaired) electrons. The minimum absolute atomic E-state index is 0.105. The number of nitrogens with zero attached hydrogens (tertiary/aromatic N) is 2. The summed E-state index contributed by atoms with van der Waals surface area (Å²) in [7, 11) is -0.472. The zero-order valence-corrected chi connectivity index (χ0v) is 15.7. The van der Waals surface area contributed by atoms with E-state index < -0.39 is 10.0 Å². The largest absolute Gasteiger partial charge is 0.486 e. The SMILES string of the molecule is Cn1c(=O)n(C)c2cc(S(=O)(=O)NCc3ccc4c(c3)OCCO4)ccc21. The maximum Gasteiger partial charge on any atom is 0.328 e. The first-order chi connectivity index (χ1) is 12.9. The molecule has 3 aromatic rings. The fraction of sp³-hybridized carbons (Fsp3) is 0.278.